The second-order valence-electron chi connectivity index (χ2n) is 10.3. The summed E-state index contributed by atoms with van der Waals surface area (Å²) in [4.78, 5) is 15.7. The van der Waals surface area contributed by atoms with Gasteiger partial charge in [-0.2, -0.15) is 0 Å². The number of carbonyl (C=O) groups excluding carboxylic acids is 1. The van der Waals surface area contributed by atoms with Gasteiger partial charge >= 0.3 is 0 Å². The van der Waals surface area contributed by atoms with Gasteiger partial charge in [-0.05, 0) is 55.9 Å². The Morgan fingerprint density at radius 3 is 1.97 bits per heavy atom. The molecule has 0 aromatic heterocycles. The van der Waals surface area contributed by atoms with Crippen LogP contribution < -0.4 is 11.1 Å². The van der Waals surface area contributed by atoms with E-state index in [-0.39, 0.29) is 11.8 Å². The van der Waals surface area contributed by atoms with Crippen molar-refractivity contribution in [2.45, 2.75) is 76.7 Å². The summed E-state index contributed by atoms with van der Waals surface area (Å²) in [5.74, 6) is -0.0467. The number of likely N-dealkylation sites (tertiary alicyclic amines) is 1. The number of hydrogen-bond acceptors (Lipinski definition) is 3. The molecule has 1 atom stereocenters. The van der Waals surface area contributed by atoms with Gasteiger partial charge < -0.3 is 16.0 Å². The van der Waals surface area contributed by atoms with Crippen LogP contribution in [-0.4, -0.2) is 43.0 Å². The van der Waals surface area contributed by atoms with Crippen molar-refractivity contribution < 1.29 is 4.79 Å². The number of unbranched alkanes of at least 4 members (excludes halogenated alkanes) is 6. The number of primary amides is 1. The second kappa shape index (κ2) is 13.7. The highest BCUT2D eigenvalue weighted by atomic mass is 16.1. The average molecular weight is 464 g/mol. The first-order chi connectivity index (χ1) is 16.5. The lowest BCUT2D eigenvalue weighted by Gasteiger charge is -2.37. The van der Waals surface area contributed by atoms with Crippen LogP contribution in [0.3, 0.4) is 0 Å². The van der Waals surface area contributed by atoms with Crippen LogP contribution in [0.4, 0.5) is 0 Å². The summed E-state index contributed by atoms with van der Waals surface area (Å²) in [5.41, 5.74) is 7.47. The lowest BCUT2D eigenvalue weighted by atomic mass is 9.64. The summed E-state index contributed by atoms with van der Waals surface area (Å²) >= 11 is 0. The Kier molecular flexibility index (Phi) is 10.6. The fourth-order valence-corrected chi connectivity index (χ4v) is 5.65. The van der Waals surface area contributed by atoms with Crippen molar-refractivity contribution in [1.82, 2.24) is 10.2 Å². The van der Waals surface area contributed by atoms with Crippen molar-refractivity contribution in [2.75, 3.05) is 26.2 Å². The molecule has 1 heterocycles. The molecule has 0 radical (unpaired) electrons. The zero-order valence-electron chi connectivity index (χ0n) is 21.3. The SMILES string of the molecule is CC(C)NCCCCCCCCCN1CC[C@H](C(C(N)=O)(c2ccccc2)c2ccccc2)C1. The number of nitrogens with two attached hydrogens (primary N) is 1. The van der Waals surface area contributed by atoms with Gasteiger partial charge in [-0.1, -0.05) is 107 Å². The van der Waals surface area contributed by atoms with Gasteiger partial charge in [0.1, 0.15) is 5.41 Å². The molecule has 1 amide bonds. The van der Waals surface area contributed by atoms with E-state index in [0.29, 0.717) is 6.04 Å². The maximum atomic E-state index is 13.2. The number of amides is 1. The van der Waals surface area contributed by atoms with E-state index in [0.717, 1.165) is 43.7 Å². The van der Waals surface area contributed by atoms with Crippen molar-refractivity contribution in [1.29, 1.82) is 0 Å². The molecule has 186 valence electrons. The Labute approximate surface area is 207 Å². The summed E-state index contributed by atoms with van der Waals surface area (Å²) in [5, 5.41) is 3.50. The Hall–Kier alpha value is -2.17. The van der Waals surface area contributed by atoms with Gasteiger partial charge in [0.05, 0.1) is 0 Å². The quantitative estimate of drug-likeness (QED) is 0.343. The van der Waals surface area contributed by atoms with E-state index in [1.54, 1.807) is 0 Å². The van der Waals surface area contributed by atoms with Crippen molar-refractivity contribution in [2.24, 2.45) is 11.7 Å². The van der Waals surface area contributed by atoms with Gasteiger partial charge in [0.25, 0.3) is 0 Å². The smallest absolute Gasteiger partial charge is 0.232 e. The molecule has 4 heteroatoms. The van der Waals surface area contributed by atoms with Gasteiger partial charge in [0.2, 0.25) is 5.91 Å². The van der Waals surface area contributed by atoms with Gasteiger partial charge in [-0.3, -0.25) is 4.79 Å². The van der Waals surface area contributed by atoms with Crippen LogP contribution in [0.15, 0.2) is 60.7 Å². The zero-order chi connectivity index (χ0) is 24.2. The summed E-state index contributed by atoms with van der Waals surface area (Å²) in [6.07, 6.45) is 10.2. The molecular weight excluding hydrogens is 418 g/mol. The summed E-state index contributed by atoms with van der Waals surface area (Å²) in [6.45, 7) is 8.65. The van der Waals surface area contributed by atoms with E-state index >= 15 is 0 Å². The number of nitrogens with one attached hydrogen (secondary N) is 1. The molecule has 0 aliphatic carbocycles. The lowest BCUT2D eigenvalue weighted by molar-refractivity contribution is -0.123. The van der Waals surface area contributed by atoms with Crippen molar-refractivity contribution in [3.05, 3.63) is 71.8 Å². The molecule has 1 fully saturated rings. The maximum Gasteiger partial charge on any atom is 0.232 e. The van der Waals surface area contributed by atoms with E-state index < -0.39 is 5.41 Å². The normalized spacial score (nSPS) is 16.9. The van der Waals surface area contributed by atoms with Crippen molar-refractivity contribution in [3.8, 4) is 0 Å². The predicted octanol–water partition coefficient (Wildman–Crippen LogP) is 5.51. The van der Waals surface area contributed by atoms with Crippen LogP contribution in [0.5, 0.6) is 0 Å². The molecule has 2 aromatic rings. The number of carbonyl (C=O) groups is 1. The number of hydrogen-bond donors (Lipinski definition) is 2. The third-order valence-electron chi connectivity index (χ3n) is 7.44. The van der Waals surface area contributed by atoms with Crippen molar-refractivity contribution >= 4 is 5.91 Å². The predicted molar refractivity (Wildman–Crippen MR) is 143 cm³/mol. The summed E-state index contributed by atoms with van der Waals surface area (Å²) in [6, 6.07) is 20.9. The van der Waals surface area contributed by atoms with Crippen LogP contribution in [0.2, 0.25) is 0 Å². The van der Waals surface area contributed by atoms with E-state index in [2.05, 4.69) is 48.3 Å². The highest BCUT2D eigenvalue weighted by molar-refractivity contribution is 5.91. The number of benzene rings is 2. The third-order valence-corrected chi connectivity index (χ3v) is 7.44. The van der Waals surface area contributed by atoms with Gasteiger partial charge in [-0.15, -0.1) is 0 Å². The standard InChI is InChI=1S/C30H45N3O/c1-25(2)32-21-14-6-4-3-5-7-15-22-33-23-20-28(24-33)30(29(31)34,26-16-10-8-11-17-26)27-18-12-9-13-19-27/h8-13,16-19,25,28,32H,3-7,14-15,20-24H2,1-2H3,(H2,31,34)/t28-/m0/s1. The molecule has 3 N–H and O–H groups in total. The molecule has 0 bridgehead atoms. The zero-order valence-corrected chi connectivity index (χ0v) is 21.3. The first kappa shape index (κ1) is 26.4. The fourth-order valence-electron chi connectivity index (χ4n) is 5.65. The van der Waals surface area contributed by atoms with Crippen LogP contribution in [0.1, 0.15) is 76.3 Å². The molecule has 0 spiro atoms. The van der Waals surface area contributed by atoms with Crippen LogP contribution >= 0.6 is 0 Å². The Bertz CT molecular complexity index is 797. The Balaban J connectivity index is 1.51. The highest BCUT2D eigenvalue weighted by Gasteiger charge is 2.49. The van der Waals surface area contributed by atoms with E-state index in [1.807, 2.05) is 36.4 Å². The lowest BCUT2D eigenvalue weighted by Crippen LogP contribution is -2.49. The molecule has 0 saturated carbocycles. The second-order valence-corrected chi connectivity index (χ2v) is 10.3. The molecule has 0 unspecified atom stereocenters. The molecule has 34 heavy (non-hydrogen) atoms. The summed E-state index contributed by atoms with van der Waals surface area (Å²) in [7, 11) is 0. The van der Waals surface area contributed by atoms with Crippen LogP contribution in [0.25, 0.3) is 0 Å². The fraction of sp³-hybridized carbons (Fsp3) is 0.567. The van der Waals surface area contributed by atoms with Crippen LogP contribution in [-0.2, 0) is 10.2 Å². The first-order valence-electron chi connectivity index (χ1n) is 13.4. The molecule has 1 aliphatic rings. The van der Waals surface area contributed by atoms with E-state index in [4.69, 9.17) is 5.73 Å². The molecule has 4 nitrogen and oxygen atoms in total. The van der Waals surface area contributed by atoms with Gasteiger partial charge in [0.15, 0.2) is 0 Å². The monoisotopic (exact) mass is 463 g/mol. The minimum Gasteiger partial charge on any atom is -0.369 e. The summed E-state index contributed by atoms with van der Waals surface area (Å²) < 4.78 is 0. The van der Waals surface area contributed by atoms with E-state index in [1.165, 1.54) is 44.9 Å². The maximum absolute atomic E-state index is 13.2. The van der Waals surface area contributed by atoms with E-state index in [9.17, 15) is 4.79 Å². The van der Waals surface area contributed by atoms with Crippen molar-refractivity contribution in [3.63, 3.8) is 0 Å². The highest BCUT2D eigenvalue weighted by Crippen LogP contribution is 2.43. The molecule has 3 rings (SSSR count). The minimum absolute atomic E-state index is 0.189. The topological polar surface area (TPSA) is 58.4 Å². The largest absolute Gasteiger partial charge is 0.369 e. The average Bonchev–Trinajstić information content (AvgIpc) is 3.31. The molecule has 1 aliphatic heterocycles. The third kappa shape index (κ3) is 6.93. The molecular formula is C30H45N3O. The van der Waals surface area contributed by atoms with Gasteiger partial charge in [-0.25, -0.2) is 0 Å². The van der Waals surface area contributed by atoms with Crippen LogP contribution in [0, 0.1) is 5.92 Å². The Morgan fingerprint density at radius 2 is 1.44 bits per heavy atom. The molecule has 2 aromatic carbocycles. The number of rotatable bonds is 15. The number of nitrogens with zero attached hydrogens (tertiary/aromatic N) is 1. The van der Waals surface area contributed by atoms with Gasteiger partial charge in [0, 0.05) is 12.6 Å². The minimum atomic E-state index is -0.776. The Morgan fingerprint density at radius 1 is 0.912 bits per heavy atom. The first-order valence-corrected chi connectivity index (χ1v) is 13.4. The molecule has 1 saturated heterocycles.